The molecule has 1 aromatic heterocycles. The lowest BCUT2D eigenvalue weighted by molar-refractivity contribution is 0.131. The summed E-state index contributed by atoms with van der Waals surface area (Å²) in [5.74, 6) is 0.579. The van der Waals surface area contributed by atoms with Crippen molar-refractivity contribution < 1.29 is 14.8 Å². The summed E-state index contributed by atoms with van der Waals surface area (Å²) in [6.45, 7) is 5.76. The molecular formula is C9H14BNO3. The van der Waals surface area contributed by atoms with E-state index in [9.17, 15) is 0 Å². The van der Waals surface area contributed by atoms with Gasteiger partial charge in [0.1, 0.15) is 11.4 Å². The molecule has 5 heteroatoms. The van der Waals surface area contributed by atoms with Crippen LogP contribution in [0.5, 0.6) is 5.75 Å². The number of rotatable bonds is 2. The molecule has 0 fully saturated rings. The van der Waals surface area contributed by atoms with Gasteiger partial charge < -0.3 is 14.8 Å². The molecule has 0 aromatic carbocycles. The molecule has 0 aliphatic heterocycles. The third-order valence-electron chi connectivity index (χ3n) is 1.44. The van der Waals surface area contributed by atoms with E-state index in [-0.39, 0.29) is 11.2 Å². The van der Waals surface area contributed by atoms with Crippen LogP contribution in [-0.2, 0) is 0 Å². The summed E-state index contributed by atoms with van der Waals surface area (Å²) in [5.41, 5.74) is -0.120. The molecule has 1 aromatic rings. The minimum atomic E-state index is -1.56. The Balaban J connectivity index is 2.84. The average molecular weight is 195 g/mol. The van der Waals surface area contributed by atoms with Gasteiger partial charge in [0.25, 0.3) is 0 Å². The van der Waals surface area contributed by atoms with Gasteiger partial charge in [-0.1, -0.05) is 0 Å². The highest BCUT2D eigenvalue weighted by Crippen LogP contribution is 2.15. The van der Waals surface area contributed by atoms with Crippen molar-refractivity contribution in [3.05, 3.63) is 18.3 Å². The quantitative estimate of drug-likeness (QED) is 0.649. The van der Waals surface area contributed by atoms with Crippen LogP contribution in [0.25, 0.3) is 0 Å². The zero-order valence-corrected chi connectivity index (χ0v) is 8.56. The number of aromatic nitrogens is 1. The van der Waals surface area contributed by atoms with Crippen LogP contribution in [0.1, 0.15) is 20.8 Å². The van der Waals surface area contributed by atoms with Gasteiger partial charge >= 0.3 is 7.12 Å². The van der Waals surface area contributed by atoms with Crippen molar-refractivity contribution in [3.63, 3.8) is 0 Å². The summed E-state index contributed by atoms with van der Waals surface area (Å²) in [6, 6.07) is 3.19. The Morgan fingerprint density at radius 2 is 2.00 bits per heavy atom. The van der Waals surface area contributed by atoms with Crippen molar-refractivity contribution in [1.82, 2.24) is 4.98 Å². The number of ether oxygens (including phenoxy) is 1. The fourth-order valence-electron chi connectivity index (χ4n) is 0.986. The Hall–Kier alpha value is -1.07. The first-order valence-electron chi connectivity index (χ1n) is 4.39. The minimum absolute atomic E-state index is 0.187. The third kappa shape index (κ3) is 3.36. The van der Waals surface area contributed by atoms with Crippen LogP contribution >= 0.6 is 0 Å². The van der Waals surface area contributed by atoms with E-state index in [2.05, 4.69) is 4.98 Å². The molecule has 0 aliphatic carbocycles. The molecule has 0 bridgehead atoms. The van der Waals surface area contributed by atoms with Crippen molar-refractivity contribution in [2.75, 3.05) is 0 Å². The molecule has 76 valence electrons. The average Bonchev–Trinajstić information content (AvgIpc) is 2.01. The summed E-state index contributed by atoms with van der Waals surface area (Å²) in [6.07, 6.45) is 1.48. The van der Waals surface area contributed by atoms with Crippen LogP contribution in [-0.4, -0.2) is 27.8 Å². The van der Waals surface area contributed by atoms with Crippen LogP contribution in [0.4, 0.5) is 0 Å². The maximum absolute atomic E-state index is 8.88. The van der Waals surface area contributed by atoms with E-state index < -0.39 is 7.12 Å². The van der Waals surface area contributed by atoms with Gasteiger partial charge in [-0.2, -0.15) is 0 Å². The first kappa shape index (κ1) is 11.0. The SMILES string of the molecule is CC(C)(C)Oc1ccnc(B(O)O)c1. The lowest BCUT2D eigenvalue weighted by atomic mass is 9.86. The molecule has 0 spiro atoms. The summed E-state index contributed by atoms with van der Waals surface area (Å²) < 4.78 is 5.53. The maximum atomic E-state index is 8.88. The summed E-state index contributed by atoms with van der Waals surface area (Å²) >= 11 is 0. The molecule has 4 nitrogen and oxygen atoms in total. The Bertz CT molecular complexity index is 309. The van der Waals surface area contributed by atoms with Crippen molar-refractivity contribution in [3.8, 4) is 5.75 Å². The number of hydrogen-bond acceptors (Lipinski definition) is 4. The van der Waals surface area contributed by atoms with Crippen LogP contribution in [0.3, 0.4) is 0 Å². The van der Waals surface area contributed by atoms with Gasteiger partial charge in [-0.3, -0.25) is 4.98 Å². The fourth-order valence-corrected chi connectivity index (χ4v) is 0.986. The topological polar surface area (TPSA) is 62.6 Å². The molecule has 2 N–H and O–H groups in total. The van der Waals surface area contributed by atoms with Gasteiger partial charge in [-0.15, -0.1) is 0 Å². The normalized spacial score (nSPS) is 11.2. The molecule has 1 rings (SSSR count). The lowest BCUT2D eigenvalue weighted by Crippen LogP contribution is -2.33. The van der Waals surface area contributed by atoms with Crippen molar-refractivity contribution in [2.45, 2.75) is 26.4 Å². The summed E-state index contributed by atoms with van der Waals surface area (Å²) in [7, 11) is -1.56. The fraction of sp³-hybridized carbons (Fsp3) is 0.444. The largest absolute Gasteiger partial charge is 0.508 e. The van der Waals surface area contributed by atoms with Gasteiger partial charge in [0.05, 0.1) is 5.59 Å². The van der Waals surface area contributed by atoms with Crippen molar-refractivity contribution >= 4 is 12.7 Å². The van der Waals surface area contributed by atoms with Crippen LogP contribution in [0.2, 0.25) is 0 Å². The number of pyridine rings is 1. The first-order valence-corrected chi connectivity index (χ1v) is 4.39. The predicted octanol–water partition coefficient (Wildman–Crippen LogP) is -0.0613. The molecule has 0 saturated carbocycles. The highest BCUT2D eigenvalue weighted by Gasteiger charge is 2.16. The Morgan fingerprint density at radius 3 is 2.50 bits per heavy atom. The predicted molar refractivity (Wildman–Crippen MR) is 54.4 cm³/mol. The van der Waals surface area contributed by atoms with Crippen LogP contribution < -0.4 is 10.3 Å². The standard InChI is InChI=1S/C9H14BNO3/c1-9(2,3)14-7-4-5-11-8(6-7)10(12)13/h4-6,12-13H,1-3H3. The number of hydrogen-bond donors (Lipinski definition) is 2. The first-order chi connectivity index (χ1) is 6.38. The number of nitrogens with zero attached hydrogens (tertiary/aromatic N) is 1. The molecule has 14 heavy (non-hydrogen) atoms. The molecule has 1 heterocycles. The van der Waals surface area contributed by atoms with Gasteiger partial charge in [-0.25, -0.2) is 0 Å². The molecular weight excluding hydrogens is 181 g/mol. The molecule has 0 aliphatic rings. The van der Waals surface area contributed by atoms with Crippen molar-refractivity contribution in [2.24, 2.45) is 0 Å². The van der Waals surface area contributed by atoms with Gasteiger partial charge in [-0.05, 0) is 32.9 Å². The summed E-state index contributed by atoms with van der Waals surface area (Å²) in [5, 5.41) is 17.8. The Labute approximate surface area is 83.7 Å². The van der Waals surface area contributed by atoms with E-state index in [1.165, 1.54) is 12.3 Å². The van der Waals surface area contributed by atoms with Gasteiger partial charge in [0.15, 0.2) is 0 Å². The molecule has 0 saturated heterocycles. The zero-order chi connectivity index (χ0) is 10.8. The van der Waals surface area contributed by atoms with E-state index >= 15 is 0 Å². The maximum Gasteiger partial charge on any atom is 0.508 e. The summed E-state index contributed by atoms with van der Waals surface area (Å²) in [4.78, 5) is 3.79. The van der Waals surface area contributed by atoms with Crippen LogP contribution in [0, 0.1) is 0 Å². The second-order valence-electron chi connectivity index (χ2n) is 4.00. The highest BCUT2D eigenvalue weighted by atomic mass is 16.5. The third-order valence-corrected chi connectivity index (χ3v) is 1.44. The monoisotopic (exact) mass is 195 g/mol. The molecule has 0 unspecified atom stereocenters. The van der Waals surface area contributed by atoms with E-state index in [0.717, 1.165) is 0 Å². The highest BCUT2D eigenvalue weighted by molar-refractivity contribution is 6.57. The molecule has 0 amide bonds. The zero-order valence-electron chi connectivity index (χ0n) is 8.56. The second-order valence-corrected chi connectivity index (χ2v) is 4.00. The van der Waals surface area contributed by atoms with Gasteiger partial charge in [0.2, 0.25) is 0 Å². The molecule has 0 radical (unpaired) electrons. The van der Waals surface area contributed by atoms with Crippen LogP contribution in [0.15, 0.2) is 18.3 Å². The Morgan fingerprint density at radius 1 is 1.36 bits per heavy atom. The minimum Gasteiger partial charge on any atom is -0.488 e. The lowest BCUT2D eigenvalue weighted by Gasteiger charge is -2.21. The van der Waals surface area contributed by atoms with E-state index in [1.54, 1.807) is 6.07 Å². The van der Waals surface area contributed by atoms with Gasteiger partial charge in [0, 0.05) is 6.20 Å². The van der Waals surface area contributed by atoms with E-state index in [4.69, 9.17) is 14.8 Å². The smallest absolute Gasteiger partial charge is 0.488 e. The van der Waals surface area contributed by atoms with E-state index in [1.807, 2.05) is 20.8 Å². The van der Waals surface area contributed by atoms with E-state index in [0.29, 0.717) is 5.75 Å². The Kier molecular flexibility index (Phi) is 3.13. The second kappa shape index (κ2) is 3.98. The van der Waals surface area contributed by atoms with Crippen molar-refractivity contribution in [1.29, 1.82) is 0 Å². The molecule has 0 atom stereocenters.